The fraction of sp³-hybridized carbons (Fsp3) is 0.235. The molecule has 23 heavy (non-hydrogen) atoms. The highest BCUT2D eigenvalue weighted by Gasteiger charge is 2.32. The molecule has 1 aliphatic rings. The molecule has 1 aliphatic heterocycles. The van der Waals surface area contributed by atoms with Gasteiger partial charge in [-0.2, -0.15) is 0 Å². The molecule has 6 nitrogen and oxygen atoms in total. The third kappa shape index (κ3) is 3.48. The topological polar surface area (TPSA) is 71.5 Å². The first kappa shape index (κ1) is 15.0. The van der Waals surface area contributed by atoms with E-state index in [2.05, 4.69) is 10.3 Å². The second kappa shape index (κ2) is 6.48. The number of nitrogens with zero attached hydrogens (tertiary/aromatic N) is 2. The van der Waals surface area contributed by atoms with Crippen LogP contribution in [0.4, 0.5) is 10.5 Å². The second-order valence-electron chi connectivity index (χ2n) is 5.34. The predicted octanol–water partition coefficient (Wildman–Crippen LogP) is 2.21. The van der Waals surface area contributed by atoms with Crippen molar-refractivity contribution in [1.82, 2.24) is 10.3 Å². The minimum atomic E-state index is -0.394. The molecule has 6 heteroatoms. The molecule has 1 N–H and O–H groups in total. The highest BCUT2D eigenvalue weighted by atomic mass is 16.6. The number of nitrogens with one attached hydrogen (secondary N) is 1. The number of rotatable bonds is 4. The number of carbonyl (C=O) groups is 2. The Morgan fingerprint density at radius 1 is 1.30 bits per heavy atom. The Labute approximate surface area is 134 Å². The van der Waals surface area contributed by atoms with Crippen LogP contribution in [0.25, 0.3) is 11.1 Å². The summed E-state index contributed by atoms with van der Waals surface area (Å²) >= 11 is 0. The quantitative estimate of drug-likeness (QED) is 0.939. The van der Waals surface area contributed by atoms with Crippen LogP contribution in [-0.2, 0) is 9.53 Å². The lowest BCUT2D eigenvalue weighted by Gasteiger charge is -2.13. The molecule has 0 spiro atoms. The Kier molecular flexibility index (Phi) is 4.23. The first-order valence-corrected chi connectivity index (χ1v) is 7.36. The van der Waals surface area contributed by atoms with E-state index >= 15 is 0 Å². The molecule has 1 aromatic heterocycles. The van der Waals surface area contributed by atoms with Gasteiger partial charge >= 0.3 is 6.09 Å². The maximum Gasteiger partial charge on any atom is 0.414 e. The Hall–Kier alpha value is -2.89. The smallest absolute Gasteiger partial charge is 0.414 e. The minimum absolute atomic E-state index is 0.139. The van der Waals surface area contributed by atoms with Gasteiger partial charge in [-0.1, -0.05) is 18.2 Å². The van der Waals surface area contributed by atoms with E-state index in [9.17, 15) is 9.59 Å². The van der Waals surface area contributed by atoms with Gasteiger partial charge in [0.2, 0.25) is 5.91 Å². The molecular weight excluding hydrogens is 294 g/mol. The van der Waals surface area contributed by atoms with Gasteiger partial charge in [-0.15, -0.1) is 0 Å². The van der Waals surface area contributed by atoms with Crippen LogP contribution >= 0.6 is 0 Å². The van der Waals surface area contributed by atoms with E-state index in [4.69, 9.17) is 4.74 Å². The number of aromatic nitrogens is 1. The molecule has 2 aromatic rings. The number of amides is 2. The minimum Gasteiger partial charge on any atom is -0.442 e. The van der Waals surface area contributed by atoms with Crippen molar-refractivity contribution >= 4 is 17.7 Å². The third-order valence-corrected chi connectivity index (χ3v) is 3.63. The van der Waals surface area contributed by atoms with Gasteiger partial charge in [-0.25, -0.2) is 4.79 Å². The van der Waals surface area contributed by atoms with Crippen LogP contribution in [0.3, 0.4) is 0 Å². The number of benzene rings is 1. The molecule has 0 aliphatic carbocycles. The van der Waals surface area contributed by atoms with Crippen LogP contribution in [0.1, 0.15) is 6.92 Å². The SMILES string of the molecule is CC(=O)NC[C@H]1CN(c2ccc(-c3cccnc3)cc2)C(=O)O1. The molecule has 1 atom stereocenters. The van der Waals surface area contributed by atoms with E-state index in [0.717, 1.165) is 16.8 Å². The van der Waals surface area contributed by atoms with Gasteiger partial charge in [0.25, 0.3) is 0 Å². The molecule has 3 rings (SSSR count). The number of hydrogen-bond acceptors (Lipinski definition) is 4. The molecule has 1 fully saturated rings. The van der Waals surface area contributed by atoms with Gasteiger partial charge in [0.05, 0.1) is 13.1 Å². The summed E-state index contributed by atoms with van der Waals surface area (Å²) < 4.78 is 5.26. The van der Waals surface area contributed by atoms with E-state index in [1.807, 2.05) is 36.4 Å². The van der Waals surface area contributed by atoms with Gasteiger partial charge < -0.3 is 10.1 Å². The monoisotopic (exact) mass is 311 g/mol. The van der Waals surface area contributed by atoms with E-state index < -0.39 is 6.09 Å². The molecule has 118 valence electrons. The molecule has 2 heterocycles. The zero-order valence-corrected chi connectivity index (χ0v) is 12.7. The lowest BCUT2D eigenvalue weighted by Crippen LogP contribution is -2.33. The van der Waals surface area contributed by atoms with E-state index in [1.54, 1.807) is 17.3 Å². The first-order chi connectivity index (χ1) is 11.1. The molecule has 0 unspecified atom stereocenters. The van der Waals surface area contributed by atoms with Crippen LogP contribution in [-0.4, -0.2) is 36.2 Å². The standard InChI is InChI=1S/C17H17N3O3/c1-12(21)19-10-16-11-20(17(22)23-16)15-6-4-13(5-7-15)14-3-2-8-18-9-14/h2-9,16H,10-11H2,1H3,(H,19,21)/t16-/m0/s1. The summed E-state index contributed by atoms with van der Waals surface area (Å²) in [6, 6.07) is 11.5. The van der Waals surface area contributed by atoms with Crippen LogP contribution < -0.4 is 10.2 Å². The average Bonchev–Trinajstić information content (AvgIpc) is 2.95. The Morgan fingerprint density at radius 2 is 2.09 bits per heavy atom. The van der Waals surface area contributed by atoms with Crippen LogP contribution in [0, 0.1) is 0 Å². The Morgan fingerprint density at radius 3 is 2.74 bits per heavy atom. The van der Waals surface area contributed by atoms with Crippen molar-refractivity contribution in [2.24, 2.45) is 0 Å². The normalized spacial score (nSPS) is 17.0. The fourth-order valence-electron chi connectivity index (χ4n) is 2.46. The van der Waals surface area contributed by atoms with Crippen LogP contribution in [0.2, 0.25) is 0 Å². The third-order valence-electron chi connectivity index (χ3n) is 3.63. The molecule has 0 saturated carbocycles. The van der Waals surface area contributed by atoms with Crippen molar-refractivity contribution in [3.63, 3.8) is 0 Å². The summed E-state index contributed by atoms with van der Waals surface area (Å²) in [5.74, 6) is -0.139. The molecule has 0 bridgehead atoms. The fourth-order valence-corrected chi connectivity index (χ4v) is 2.46. The predicted molar refractivity (Wildman–Crippen MR) is 86.0 cm³/mol. The summed E-state index contributed by atoms with van der Waals surface area (Å²) in [5, 5.41) is 2.66. The number of cyclic esters (lactones) is 1. The molecule has 0 radical (unpaired) electrons. The lowest BCUT2D eigenvalue weighted by molar-refractivity contribution is -0.119. The molecule has 2 amide bonds. The maximum atomic E-state index is 12.0. The largest absolute Gasteiger partial charge is 0.442 e. The second-order valence-corrected chi connectivity index (χ2v) is 5.34. The van der Waals surface area contributed by atoms with Gasteiger partial charge in [0.15, 0.2) is 0 Å². The molecule has 1 aromatic carbocycles. The zero-order valence-electron chi connectivity index (χ0n) is 12.7. The first-order valence-electron chi connectivity index (χ1n) is 7.36. The van der Waals surface area contributed by atoms with Crippen molar-refractivity contribution in [3.8, 4) is 11.1 Å². The average molecular weight is 311 g/mol. The summed E-state index contributed by atoms with van der Waals surface area (Å²) in [6.07, 6.45) is 2.80. The van der Waals surface area contributed by atoms with Crippen molar-refractivity contribution in [3.05, 3.63) is 48.8 Å². The van der Waals surface area contributed by atoms with Gasteiger partial charge in [0.1, 0.15) is 6.10 Å². The van der Waals surface area contributed by atoms with Crippen LogP contribution in [0.15, 0.2) is 48.8 Å². The van der Waals surface area contributed by atoms with Crippen molar-refractivity contribution in [1.29, 1.82) is 0 Å². The Balaban J connectivity index is 1.70. The van der Waals surface area contributed by atoms with Crippen molar-refractivity contribution in [2.75, 3.05) is 18.0 Å². The van der Waals surface area contributed by atoms with Crippen LogP contribution in [0.5, 0.6) is 0 Å². The van der Waals surface area contributed by atoms with Gasteiger partial charge in [-0.05, 0) is 29.3 Å². The number of hydrogen-bond donors (Lipinski definition) is 1. The number of carbonyl (C=O) groups excluding carboxylic acids is 2. The van der Waals surface area contributed by atoms with Gasteiger partial charge in [0, 0.05) is 25.0 Å². The number of ether oxygens (including phenoxy) is 1. The van der Waals surface area contributed by atoms with E-state index in [-0.39, 0.29) is 12.0 Å². The Bertz CT molecular complexity index is 701. The van der Waals surface area contributed by atoms with Crippen molar-refractivity contribution in [2.45, 2.75) is 13.0 Å². The van der Waals surface area contributed by atoms with Crippen molar-refractivity contribution < 1.29 is 14.3 Å². The highest BCUT2D eigenvalue weighted by molar-refractivity contribution is 5.90. The summed E-state index contributed by atoms with van der Waals surface area (Å²) in [4.78, 5) is 28.6. The highest BCUT2D eigenvalue weighted by Crippen LogP contribution is 2.25. The number of anilines is 1. The van der Waals surface area contributed by atoms with Gasteiger partial charge in [-0.3, -0.25) is 14.7 Å². The maximum absolute atomic E-state index is 12.0. The molecular formula is C17H17N3O3. The van der Waals surface area contributed by atoms with E-state index in [1.165, 1.54) is 6.92 Å². The summed E-state index contributed by atoms with van der Waals surface area (Å²) in [5.41, 5.74) is 2.82. The molecule has 1 saturated heterocycles. The zero-order chi connectivity index (χ0) is 16.2. The lowest BCUT2D eigenvalue weighted by atomic mass is 10.1. The van der Waals surface area contributed by atoms with E-state index in [0.29, 0.717) is 13.1 Å². The summed E-state index contributed by atoms with van der Waals surface area (Å²) in [7, 11) is 0. The summed E-state index contributed by atoms with van der Waals surface area (Å²) in [6.45, 7) is 2.18. The number of pyridine rings is 1.